The first kappa shape index (κ1) is 11.6. The SMILES string of the molecule is COCCNC1CC(c2ccccc2C)C1. The first-order chi connectivity index (χ1) is 7.81. The normalized spacial score (nSPS) is 24.1. The van der Waals surface area contributed by atoms with Gasteiger partial charge in [-0.1, -0.05) is 24.3 Å². The highest BCUT2D eigenvalue weighted by Gasteiger charge is 2.30. The van der Waals surface area contributed by atoms with Crippen LogP contribution in [-0.2, 0) is 4.74 Å². The van der Waals surface area contributed by atoms with Crippen molar-refractivity contribution in [2.75, 3.05) is 20.3 Å². The predicted molar refractivity (Wildman–Crippen MR) is 66.8 cm³/mol. The van der Waals surface area contributed by atoms with Crippen molar-refractivity contribution in [3.63, 3.8) is 0 Å². The average Bonchev–Trinajstić information content (AvgIpc) is 2.23. The summed E-state index contributed by atoms with van der Waals surface area (Å²) in [6.45, 7) is 3.99. The van der Waals surface area contributed by atoms with Crippen LogP contribution in [0.2, 0.25) is 0 Å². The maximum atomic E-state index is 5.03. The van der Waals surface area contributed by atoms with Crippen molar-refractivity contribution in [1.82, 2.24) is 5.32 Å². The minimum atomic E-state index is 0.694. The second kappa shape index (κ2) is 5.46. The molecule has 2 rings (SSSR count). The Kier molecular flexibility index (Phi) is 3.97. The smallest absolute Gasteiger partial charge is 0.0587 e. The Morgan fingerprint density at radius 1 is 1.31 bits per heavy atom. The molecule has 0 bridgehead atoms. The molecular weight excluding hydrogens is 198 g/mol. The van der Waals surface area contributed by atoms with Gasteiger partial charge in [0.2, 0.25) is 0 Å². The van der Waals surface area contributed by atoms with Gasteiger partial charge in [0, 0.05) is 19.7 Å². The van der Waals surface area contributed by atoms with E-state index in [4.69, 9.17) is 4.74 Å². The molecular formula is C14H21NO. The van der Waals surface area contributed by atoms with Crippen LogP contribution in [-0.4, -0.2) is 26.3 Å². The molecule has 16 heavy (non-hydrogen) atoms. The molecule has 2 nitrogen and oxygen atoms in total. The van der Waals surface area contributed by atoms with E-state index in [0.717, 1.165) is 19.1 Å². The monoisotopic (exact) mass is 219 g/mol. The zero-order valence-electron chi connectivity index (χ0n) is 10.2. The summed E-state index contributed by atoms with van der Waals surface area (Å²) >= 11 is 0. The first-order valence-corrected chi connectivity index (χ1v) is 6.09. The minimum Gasteiger partial charge on any atom is -0.383 e. The predicted octanol–water partition coefficient (Wildman–Crippen LogP) is 2.48. The van der Waals surface area contributed by atoms with Gasteiger partial charge in [-0.05, 0) is 36.8 Å². The summed E-state index contributed by atoms with van der Waals surface area (Å²) in [6.07, 6.45) is 2.54. The molecule has 0 spiro atoms. The maximum absolute atomic E-state index is 5.03. The van der Waals surface area contributed by atoms with Gasteiger partial charge >= 0.3 is 0 Å². The fourth-order valence-electron chi connectivity index (χ4n) is 2.45. The maximum Gasteiger partial charge on any atom is 0.0587 e. The number of benzene rings is 1. The summed E-state index contributed by atoms with van der Waals surface area (Å²) < 4.78 is 5.03. The molecule has 1 aromatic carbocycles. The molecule has 1 saturated carbocycles. The summed E-state index contributed by atoms with van der Waals surface area (Å²) in [7, 11) is 1.75. The lowest BCUT2D eigenvalue weighted by Gasteiger charge is -2.37. The summed E-state index contributed by atoms with van der Waals surface area (Å²) in [5, 5.41) is 3.51. The molecule has 1 aliphatic carbocycles. The van der Waals surface area contributed by atoms with Gasteiger partial charge in [-0.15, -0.1) is 0 Å². The van der Waals surface area contributed by atoms with Gasteiger partial charge in [-0.25, -0.2) is 0 Å². The number of rotatable bonds is 5. The molecule has 0 heterocycles. The highest BCUT2D eigenvalue weighted by molar-refractivity contribution is 5.31. The van der Waals surface area contributed by atoms with Gasteiger partial charge in [-0.3, -0.25) is 0 Å². The largest absolute Gasteiger partial charge is 0.383 e. The Bertz CT molecular complexity index is 331. The van der Waals surface area contributed by atoms with Crippen molar-refractivity contribution < 1.29 is 4.74 Å². The molecule has 1 aliphatic rings. The molecule has 1 fully saturated rings. The van der Waals surface area contributed by atoms with Crippen LogP contribution in [0.5, 0.6) is 0 Å². The van der Waals surface area contributed by atoms with E-state index >= 15 is 0 Å². The second-order valence-electron chi connectivity index (χ2n) is 4.67. The van der Waals surface area contributed by atoms with E-state index in [2.05, 4.69) is 36.5 Å². The van der Waals surface area contributed by atoms with Crippen LogP contribution in [0.1, 0.15) is 29.9 Å². The summed E-state index contributed by atoms with van der Waals surface area (Å²) in [6, 6.07) is 9.44. The molecule has 0 aliphatic heterocycles. The number of hydrogen-bond acceptors (Lipinski definition) is 2. The van der Waals surface area contributed by atoms with Crippen LogP contribution in [0, 0.1) is 6.92 Å². The van der Waals surface area contributed by atoms with Crippen LogP contribution in [0.25, 0.3) is 0 Å². The molecule has 0 saturated heterocycles. The van der Waals surface area contributed by atoms with Crippen molar-refractivity contribution in [2.45, 2.75) is 31.7 Å². The van der Waals surface area contributed by atoms with Crippen molar-refractivity contribution in [1.29, 1.82) is 0 Å². The third kappa shape index (κ3) is 2.63. The van der Waals surface area contributed by atoms with E-state index in [1.165, 1.54) is 24.0 Å². The third-order valence-corrected chi connectivity index (χ3v) is 3.51. The summed E-state index contributed by atoms with van der Waals surface area (Å²) in [5.41, 5.74) is 2.97. The average molecular weight is 219 g/mol. The highest BCUT2D eigenvalue weighted by atomic mass is 16.5. The van der Waals surface area contributed by atoms with Crippen LogP contribution in [0.15, 0.2) is 24.3 Å². The molecule has 2 heteroatoms. The van der Waals surface area contributed by atoms with E-state index in [9.17, 15) is 0 Å². The lowest BCUT2D eigenvalue weighted by molar-refractivity contribution is 0.184. The van der Waals surface area contributed by atoms with Gasteiger partial charge in [0.05, 0.1) is 6.61 Å². The molecule has 0 unspecified atom stereocenters. The number of aryl methyl sites for hydroxylation is 1. The Morgan fingerprint density at radius 2 is 2.06 bits per heavy atom. The summed E-state index contributed by atoms with van der Waals surface area (Å²) in [4.78, 5) is 0. The lowest BCUT2D eigenvalue weighted by Crippen LogP contribution is -2.41. The Morgan fingerprint density at radius 3 is 2.75 bits per heavy atom. The topological polar surface area (TPSA) is 21.3 Å². The van der Waals surface area contributed by atoms with Crippen molar-refractivity contribution in [3.05, 3.63) is 35.4 Å². The quantitative estimate of drug-likeness (QED) is 0.768. The standard InChI is InChI=1S/C14H21NO/c1-11-5-3-4-6-14(11)12-9-13(10-12)15-7-8-16-2/h3-6,12-13,15H,7-10H2,1-2H3. The number of nitrogens with one attached hydrogen (secondary N) is 1. The van der Waals surface area contributed by atoms with E-state index in [1.54, 1.807) is 7.11 Å². The number of methoxy groups -OCH3 is 1. The minimum absolute atomic E-state index is 0.694. The molecule has 88 valence electrons. The Hall–Kier alpha value is -0.860. The van der Waals surface area contributed by atoms with Crippen LogP contribution in [0.4, 0.5) is 0 Å². The van der Waals surface area contributed by atoms with Gasteiger partial charge in [0.25, 0.3) is 0 Å². The van der Waals surface area contributed by atoms with E-state index in [0.29, 0.717) is 6.04 Å². The molecule has 0 atom stereocenters. The third-order valence-electron chi connectivity index (χ3n) is 3.51. The summed E-state index contributed by atoms with van der Waals surface area (Å²) in [5.74, 6) is 0.765. The second-order valence-corrected chi connectivity index (χ2v) is 4.67. The molecule has 0 amide bonds. The van der Waals surface area contributed by atoms with Crippen LogP contribution < -0.4 is 5.32 Å². The van der Waals surface area contributed by atoms with Crippen molar-refractivity contribution >= 4 is 0 Å². The lowest BCUT2D eigenvalue weighted by atomic mass is 9.74. The van der Waals surface area contributed by atoms with E-state index in [1.807, 2.05) is 0 Å². The molecule has 1 aromatic rings. The van der Waals surface area contributed by atoms with Gasteiger partial charge in [0.1, 0.15) is 0 Å². The van der Waals surface area contributed by atoms with Crippen molar-refractivity contribution in [3.8, 4) is 0 Å². The van der Waals surface area contributed by atoms with Crippen LogP contribution in [0.3, 0.4) is 0 Å². The van der Waals surface area contributed by atoms with E-state index < -0.39 is 0 Å². The number of hydrogen-bond donors (Lipinski definition) is 1. The fourth-order valence-corrected chi connectivity index (χ4v) is 2.45. The number of ether oxygens (including phenoxy) is 1. The van der Waals surface area contributed by atoms with Crippen molar-refractivity contribution in [2.24, 2.45) is 0 Å². The highest BCUT2D eigenvalue weighted by Crippen LogP contribution is 2.38. The molecule has 0 aromatic heterocycles. The van der Waals surface area contributed by atoms with Gasteiger partial charge in [-0.2, -0.15) is 0 Å². The van der Waals surface area contributed by atoms with E-state index in [-0.39, 0.29) is 0 Å². The molecule has 0 radical (unpaired) electrons. The van der Waals surface area contributed by atoms with Crippen LogP contribution >= 0.6 is 0 Å². The Balaban J connectivity index is 1.78. The van der Waals surface area contributed by atoms with Gasteiger partial charge in [0.15, 0.2) is 0 Å². The van der Waals surface area contributed by atoms with Gasteiger partial charge < -0.3 is 10.1 Å². The molecule has 1 N–H and O–H groups in total. The fraction of sp³-hybridized carbons (Fsp3) is 0.571. The zero-order valence-corrected chi connectivity index (χ0v) is 10.2. The zero-order chi connectivity index (χ0) is 11.4. The first-order valence-electron chi connectivity index (χ1n) is 6.09. The Labute approximate surface area is 98.0 Å².